The van der Waals surface area contributed by atoms with E-state index in [0.29, 0.717) is 53.3 Å². The van der Waals surface area contributed by atoms with Gasteiger partial charge in [-0.05, 0) is 53.8 Å². The number of hydrogen-bond donors (Lipinski definition) is 1. The van der Waals surface area contributed by atoms with Crippen LogP contribution in [0.2, 0.25) is 0 Å². The number of amides is 2. The molecule has 0 aromatic heterocycles. The largest absolute Gasteiger partial charge is 0.493 e. The number of carboxylic acids is 1. The second-order valence-electron chi connectivity index (χ2n) is 10.2. The molecule has 0 aliphatic carbocycles. The summed E-state index contributed by atoms with van der Waals surface area (Å²) in [4.78, 5) is 42.9. The van der Waals surface area contributed by atoms with Crippen molar-refractivity contribution in [3.8, 4) is 22.6 Å². The molecule has 2 amide bonds. The molecule has 0 aliphatic heterocycles. The van der Waals surface area contributed by atoms with E-state index in [9.17, 15) is 19.5 Å². The molecule has 0 heterocycles. The van der Waals surface area contributed by atoms with Crippen molar-refractivity contribution in [3.63, 3.8) is 0 Å². The van der Waals surface area contributed by atoms with Crippen LogP contribution >= 0.6 is 0 Å². The molecule has 0 atom stereocenters. The number of carbonyl (C=O) groups is 3. The number of aliphatic carboxylic acids is 1. The van der Waals surface area contributed by atoms with Crippen molar-refractivity contribution < 1.29 is 29.0 Å². The fourth-order valence-electron chi connectivity index (χ4n) is 5.23. The van der Waals surface area contributed by atoms with Crippen LogP contribution in [-0.2, 0) is 17.8 Å². The normalized spacial score (nSPS) is 10.6. The zero-order chi connectivity index (χ0) is 31.5. The van der Waals surface area contributed by atoms with Gasteiger partial charge >= 0.3 is 5.97 Å². The van der Waals surface area contributed by atoms with E-state index in [2.05, 4.69) is 0 Å². The Kier molecular flexibility index (Phi) is 11.1. The number of benzene rings is 4. The first-order chi connectivity index (χ1) is 21.4. The van der Waals surface area contributed by atoms with Crippen molar-refractivity contribution in [2.45, 2.75) is 26.3 Å². The fourth-order valence-corrected chi connectivity index (χ4v) is 5.23. The monoisotopic (exact) mass is 594 g/mol. The van der Waals surface area contributed by atoms with E-state index in [-0.39, 0.29) is 31.3 Å². The maximum atomic E-state index is 14.1. The van der Waals surface area contributed by atoms with Gasteiger partial charge in [0.2, 0.25) is 0 Å². The molecule has 0 saturated heterocycles. The number of nitrogens with zero attached hydrogens (tertiary/aromatic N) is 2. The van der Waals surface area contributed by atoms with E-state index in [1.165, 1.54) is 0 Å². The van der Waals surface area contributed by atoms with E-state index < -0.39 is 5.97 Å². The summed E-state index contributed by atoms with van der Waals surface area (Å²) in [6, 6.07) is 29.8. The Morgan fingerprint density at radius 3 is 1.84 bits per heavy atom. The number of methoxy groups -OCH3 is 2. The molecule has 0 bridgehead atoms. The van der Waals surface area contributed by atoms with Crippen LogP contribution in [0.1, 0.15) is 45.2 Å². The summed E-state index contributed by atoms with van der Waals surface area (Å²) in [5.74, 6) is -0.299. The van der Waals surface area contributed by atoms with Crippen molar-refractivity contribution in [2.24, 2.45) is 0 Å². The highest BCUT2D eigenvalue weighted by Gasteiger charge is 2.24. The van der Waals surface area contributed by atoms with E-state index in [1.807, 2.05) is 79.7 Å². The highest BCUT2D eigenvalue weighted by molar-refractivity contribution is 6.06. The lowest BCUT2D eigenvalue weighted by atomic mass is 9.93. The number of rotatable bonds is 14. The zero-order valence-corrected chi connectivity index (χ0v) is 25.4. The minimum atomic E-state index is -0.996. The molecule has 1 N–H and O–H groups in total. The first-order valence-corrected chi connectivity index (χ1v) is 14.6. The molecular formula is C36H38N2O6. The van der Waals surface area contributed by atoms with Crippen molar-refractivity contribution in [1.29, 1.82) is 0 Å². The van der Waals surface area contributed by atoms with Gasteiger partial charge in [-0.3, -0.25) is 14.4 Å². The summed E-state index contributed by atoms with van der Waals surface area (Å²) in [6.45, 7) is 3.20. The Labute approximate surface area is 258 Å². The molecule has 0 unspecified atom stereocenters. The van der Waals surface area contributed by atoms with Gasteiger partial charge in [-0.1, -0.05) is 78.9 Å². The molecular weight excluding hydrogens is 556 g/mol. The van der Waals surface area contributed by atoms with Gasteiger partial charge in [-0.25, -0.2) is 0 Å². The molecule has 228 valence electrons. The van der Waals surface area contributed by atoms with E-state index >= 15 is 0 Å². The standard InChI is InChI=1S/C36H38N2O6/c1-4-37(25-26-13-6-5-7-14-26)35(41)30-18-10-8-16-28(30)29-17-9-11-19-31(29)36(42)38(24-22-33(39)40)23-21-27-15-12-20-32(43-2)34(27)44-3/h5-20H,4,21-25H2,1-3H3,(H,39,40). The van der Waals surface area contributed by atoms with Crippen LogP contribution < -0.4 is 9.47 Å². The van der Waals surface area contributed by atoms with Gasteiger partial charge in [-0.15, -0.1) is 0 Å². The number of carboxylic acid groups (broad SMARTS) is 1. The Hall–Kier alpha value is -5.11. The van der Waals surface area contributed by atoms with Gasteiger partial charge in [0, 0.05) is 37.3 Å². The quantitative estimate of drug-likeness (QED) is 0.187. The summed E-state index contributed by atoms with van der Waals surface area (Å²) in [5.41, 5.74) is 3.99. The van der Waals surface area contributed by atoms with E-state index in [0.717, 1.165) is 11.1 Å². The molecule has 0 radical (unpaired) electrons. The average Bonchev–Trinajstić information content (AvgIpc) is 3.06. The maximum absolute atomic E-state index is 14.1. The van der Waals surface area contributed by atoms with Crippen molar-refractivity contribution in [3.05, 3.63) is 119 Å². The van der Waals surface area contributed by atoms with Gasteiger partial charge in [0.05, 0.1) is 20.6 Å². The maximum Gasteiger partial charge on any atom is 0.305 e. The number of ether oxygens (including phenoxy) is 2. The predicted octanol–water partition coefficient (Wildman–Crippen LogP) is 6.19. The molecule has 4 aromatic carbocycles. The first-order valence-electron chi connectivity index (χ1n) is 14.6. The lowest BCUT2D eigenvalue weighted by molar-refractivity contribution is -0.137. The van der Waals surface area contributed by atoms with Crippen LogP contribution in [0.15, 0.2) is 97.1 Å². The number of carbonyl (C=O) groups excluding carboxylic acids is 2. The minimum Gasteiger partial charge on any atom is -0.493 e. The van der Waals surface area contributed by atoms with Gasteiger partial charge < -0.3 is 24.4 Å². The second kappa shape index (κ2) is 15.4. The molecule has 0 spiro atoms. The third-order valence-electron chi connectivity index (χ3n) is 7.51. The molecule has 4 rings (SSSR count). The summed E-state index contributed by atoms with van der Waals surface area (Å²) in [5, 5.41) is 9.44. The van der Waals surface area contributed by atoms with E-state index in [1.54, 1.807) is 48.3 Å². The Balaban J connectivity index is 1.67. The summed E-state index contributed by atoms with van der Waals surface area (Å²) >= 11 is 0. The molecule has 0 aliphatic rings. The second-order valence-corrected chi connectivity index (χ2v) is 10.2. The van der Waals surface area contributed by atoms with Gasteiger partial charge in [-0.2, -0.15) is 0 Å². The van der Waals surface area contributed by atoms with Gasteiger partial charge in [0.15, 0.2) is 11.5 Å². The fraction of sp³-hybridized carbons (Fsp3) is 0.250. The Bertz CT molecular complexity index is 1590. The molecule has 8 nitrogen and oxygen atoms in total. The van der Waals surface area contributed by atoms with Crippen LogP contribution in [-0.4, -0.2) is 66.5 Å². The zero-order valence-electron chi connectivity index (χ0n) is 25.4. The van der Waals surface area contributed by atoms with Gasteiger partial charge in [0.1, 0.15) is 0 Å². The van der Waals surface area contributed by atoms with Crippen LogP contribution in [0.3, 0.4) is 0 Å². The topological polar surface area (TPSA) is 96.4 Å². The third kappa shape index (κ3) is 7.64. The van der Waals surface area contributed by atoms with Crippen molar-refractivity contribution >= 4 is 17.8 Å². The molecule has 0 saturated carbocycles. The first kappa shape index (κ1) is 31.8. The Morgan fingerprint density at radius 2 is 1.27 bits per heavy atom. The molecule has 0 fully saturated rings. The number of para-hydroxylation sites is 1. The van der Waals surface area contributed by atoms with Crippen molar-refractivity contribution in [1.82, 2.24) is 9.80 Å². The molecule has 8 heteroatoms. The lowest BCUT2D eigenvalue weighted by Crippen LogP contribution is -2.35. The molecule has 4 aromatic rings. The SMILES string of the molecule is CCN(Cc1ccccc1)C(=O)c1ccccc1-c1ccccc1C(=O)N(CCC(=O)O)CCc1cccc(OC)c1OC. The van der Waals surface area contributed by atoms with Crippen molar-refractivity contribution in [2.75, 3.05) is 33.9 Å². The Morgan fingerprint density at radius 1 is 0.682 bits per heavy atom. The predicted molar refractivity (Wildman–Crippen MR) is 170 cm³/mol. The molecule has 44 heavy (non-hydrogen) atoms. The van der Waals surface area contributed by atoms with Crippen LogP contribution in [0.5, 0.6) is 11.5 Å². The van der Waals surface area contributed by atoms with Crippen LogP contribution in [0.4, 0.5) is 0 Å². The summed E-state index contributed by atoms with van der Waals surface area (Å²) < 4.78 is 11.0. The van der Waals surface area contributed by atoms with Gasteiger partial charge in [0.25, 0.3) is 11.8 Å². The number of hydrogen-bond acceptors (Lipinski definition) is 5. The lowest BCUT2D eigenvalue weighted by Gasteiger charge is -2.25. The summed E-state index contributed by atoms with van der Waals surface area (Å²) in [7, 11) is 3.12. The minimum absolute atomic E-state index is 0.0239. The van der Waals surface area contributed by atoms with E-state index in [4.69, 9.17) is 9.47 Å². The highest BCUT2D eigenvalue weighted by Crippen LogP contribution is 2.32. The van der Waals surface area contributed by atoms with Crippen LogP contribution in [0, 0.1) is 0 Å². The smallest absolute Gasteiger partial charge is 0.305 e. The highest BCUT2D eigenvalue weighted by atomic mass is 16.5. The average molecular weight is 595 g/mol. The summed E-state index contributed by atoms with van der Waals surface area (Å²) in [6.07, 6.45) is 0.219. The van der Waals surface area contributed by atoms with Crippen LogP contribution in [0.25, 0.3) is 11.1 Å². The third-order valence-corrected chi connectivity index (χ3v) is 7.51.